The molecular weight excluding hydrogens is 446 g/mol. The molecule has 4 rings (SSSR count). The molecule has 8 nitrogen and oxygen atoms in total. The monoisotopic (exact) mass is 477 g/mol. The molecule has 0 aliphatic carbocycles. The molecule has 8 heteroatoms. The van der Waals surface area contributed by atoms with Crippen molar-refractivity contribution in [3.63, 3.8) is 0 Å². The van der Waals surface area contributed by atoms with Crippen molar-refractivity contribution in [3.8, 4) is 5.75 Å². The third kappa shape index (κ3) is 6.70. The highest BCUT2D eigenvalue weighted by molar-refractivity contribution is 5.95. The van der Waals surface area contributed by atoms with Gasteiger partial charge in [-0.25, -0.2) is 0 Å². The maximum Gasteiger partial charge on any atom is 0.251 e. The second-order valence-corrected chi connectivity index (χ2v) is 8.98. The lowest BCUT2D eigenvalue weighted by molar-refractivity contribution is 0.0865. The van der Waals surface area contributed by atoms with Crippen LogP contribution in [-0.4, -0.2) is 43.3 Å². The minimum absolute atomic E-state index is 0.136. The average molecular weight is 478 g/mol. The zero-order valence-corrected chi connectivity index (χ0v) is 20.1. The zero-order valence-electron chi connectivity index (χ0n) is 20.1. The maximum absolute atomic E-state index is 13.0. The Labute approximate surface area is 205 Å². The first-order valence-electron chi connectivity index (χ1n) is 11.9. The predicted octanol–water partition coefficient (Wildman–Crippen LogP) is 3.53. The molecule has 0 radical (unpaired) electrons. The highest BCUT2D eigenvalue weighted by Gasteiger charge is 2.15. The normalized spacial score (nSPS) is 14.4. The van der Waals surface area contributed by atoms with E-state index in [1.807, 2.05) is 30.3 Å². The van der Waals surface area contributed by atoms with Gasteiger partial charge in [0.2, 0.25) is 0 Å². The molecule has 0 fully saturated rings. The number of rotatable bonds is 5. The Morgan fingerprint density at radius 2 is 2.03 bits per heavy atom. The van der Waals surface area contributed by atoms with Crippen LogP contribution in [0.2, 0.25) is 0 Å². The van der Waals surface area contributed by atoms with Crippen LogP contribution < -0.4 is 15.4 Å². The number of amides is 2. The molecule has 0 saturated carbocycles. The summed E-state index contributed by atoms with van der Waals surface area (Å²) in [5, 5.41) is 9.89. The lowest BCUT2D eigenvalue weighted by Crippen LogP contribution is -2.28. The van der Waals surface area contributed by atoms with E-state index in [2.05, 4.69) is 29.6 Å². The number of carbonyl (C=O) groups excluding carboxylic acids is 2. The molecule has 2 heterocycles. The first-order chi connectivity index (χ1) is 17.0. The molecule has 0 spiro atoms. The van der Waals surface area contributed by atoms with Gasteiger partial charge in [0.25, 0.3) is 11.8 Å². The van der Waals surface area contributed by atoms with E-state index in [0.29, 0.717) is 62.1 Å². The molecule has 0 saturated heterocycles. The average Bonchev–Trinajstić information content (AvgIpc) is 3.28. The van der Waals surface area contributed by atoms with Gasteiger partial charge in [0, 0.05) is 36.2 Å². The van der Waals surface area contributed by atoms with Gasteiger partial charge >= 0.3 is 0 Å². The number of hydrogen-bond acceptors (Lipinski definition) is 6. The van der Waals surface area contributed by atoms with Crippen molar-refractivity contribution >= 4 is 11.8 Å². The summed E-state index contributed by atoms with van der Waals surface area (Å²) >= 11 is 0. The van der Waals surface area contributed by atoms with Crippen LogP contribution in [0.25, 0.3) is 0 Å². The SMILES string of the molecule is CC(C)Cc1nocc1CNC(=O)c1ccc2c(c1)Cc1cccc(c1)C(=O)NCCOCCO2. The van der Waals surface area contributed by atoms with Crippen LogP contribution in [0.4, 0.5) is 0 Å². The molecule has 2 bridgehead atoms. The Bertz CT molecular complexity index is 1170. The van der Waals surface area contributed by atoms with E-state index in [0.717, 1.165) is 28.8 Å². The van der Waals surface area contributed by atoms with Crippen LogP contribution in [0, 0.1) is 5.92 Å². The van der Waals surface area contributed by atoms with Gasteiger partial charge in [0.1, 0.15) is 18.6 Å². The van der Waals surface area contributed by atoms with E-state index >= 15 is 0 Å². The number of nitrogens with one attached hydrogen (secondary N) is 2. The van der Waals surface area contributed by atoms with Crippen LogP contribution in [0.3, 0.4) is 0 Å². The number of nitrogens with zero attached hydrogens (tertiary/aromatic N) is 1. The van der Waals surface area contributed by atoms with Crippen molar-refractivity contribution in [2.45, 2.75) is 33.2 Å². The van der Waals surface area contributed by atoms with Gasteiger partial charge in [0.05, 0.1) is 18.9 Å². The summed E-state index contributed by atoms with van der Waals surface area (Å²) in [6.07, 6.45) is 2.89. The van der Waals surface area contributed by atoms with E-state index in [4.69, 9.17) is 14.0 Å². The van der Waals surface area contributed by atoms with Crippen molar-refractivity contribution in [3.05, 3.63) is 82.2 Å². The topological polar surface area (TPSA) is 103 Å². The minimum atomic E-state index is -0.194. The fourth-order valence-corrected chi connectivity index (χ4v) is 3.95. The molecule has 0 unspecified atom stereocenters. The molecule has 2 aromatic carbocycles. The molecule has 1 aliphatic heterocycles. The second-order valence-electron chi connectivity index (χ2n) is 8.98. The number of ether oxygens (including phenoxy) is 2. The second kappa shape index (κ2) is 11.7. The molecular formula is C27H31N3O5. The van der Waals surface area contributed by atoms with Crippen LogP contribution in [0.1, 0.15) is 56.9 Å². The van der Waals surface area contributed by atoms with Gasteiger partial charge in [-0.15, -0.1) is 0 Å². The Morgan fingerprint density at radius 1 is 1.14 bits per heavy atom. The van der Waals surface area contributed by atoms with E-state index in [1.54, 1.807) is 18.4 Å². The van der Waals surface area contributed by atoms with Gasteiger partial charge < -0.3 is 24.6 Å². The fourth-order valence-electron chi connectivity index (χ4n) is 3.95. The predicted molar refractivity (Wildman–Crippen MR) is 131 cm³/mol. The summed E-state index contributed by atoms with van der Waals surface area (Å²) in [5.41, 5.74) is 4.67. The molecule has 35 heavy (non-hydrogen) atoms. The third-order valence-electron chi connectivity index (χ3n) is 5.69. The Hall–Kier alpha value is -3.65. The summed E-state index contributed by atoms with van der Waals surface area (Å²) in [6.45, 7) is 6.19. The number of fused-ring (bicyclic) bond motifs is 3. The number of benzene rings is 2. The lowest BCUT2D eigenvalue weighted by atomic mass is 9.99. The van der Waals surface area contributed by atoms with Crippen molar-refractivity contribution in [1.82, 2.24) is 15.8 Å². The molecule has 2 amide bonds. The minimum Gasteiger partial charge on any atom is -0.491 e. The quantitative estimate of drug-likeness (QED) is 0.583. The Kier molecular flexibility index (Phi) is 8.15. The van der Waals surface area contributed by atoms with Gasteiger partial charge in [-0.2, -0.15) is 0 Å². The summed E-state index contributed by atoms with van der Waals surface area (Å²) in [4.78, 5) is 25.4. The van der Waals surface area contributed by atoms with E-state index in [-0.39, 0.29) is 11.8 Å². The Balaban J connectivity index is 1.53. The highest BCUT2D eigenvalue weighted by Crippen LogP contribution is 2.24. The van der Waals surface area contributed by atoms with Gasteiger partial charge in [-0.3, -0.25) is 9.59 Å². The van der Waals surface area contributed by atoms with E-state index in [9.17, 15) is 9.59 Å². The summed E-state index contributed by atoms with van der Waals surface area (Å²) in [5.74, 6) is 0.798. The standard InChI is InChI=1S/C27H31N3O5/c1-18(2)12-24-23(17-35-30-24)16-29-27(32)21-6-7-25-22(15-21)14-19-4-3-5-20(13-19)26(31)28-8-9-33-10-11-34-25/h3-7,13,15,17-18H,8-12,14,16H2,1-2H3,(H,28,31)(H,29,32). The summed E-state index contributed by atoms with van der Waals surface area (Å²) < 4.78 is 16.6. The molecule has 0 atom stereocenters. The first kappa shape index (κ1) is 24.5. The number of aromatic nitrogens is 1. The van der Waals surface area contributed by atoms with Crippen LogP contribution in [-0.2, 0) is 24.1 Å². The third-order valence-corrected chi connectivity index (χ3v) is 5.69. The lowest BCUT2D eigenvalue weighted by Gasteiger charge is -2.15. The van der Waals surface area contributed by atoms with Gasteiger partial charge in [-0.1, -0.05) is 31.1 Å². The van der Waals surface area contributed by atoms with E-state index < -0.39 is 0 Å². The van der Waals surface area contributed by atoms with Gasteiger partial charge in [0.15, 0.2) is 0 Å². The van der Waals surface area contributed by atoms with Gasteiger partial charge in [-0.05, 0) is 53.8 Å². The summed E-state index contributed by atoms with van der Waals surface area (Å²) in [6, 6.07) is 12.9. The highest BCUT2D eigenvalue weighted by atomic mass is 16.5. The van der Waals surface area contributed by atoms with Crippen molar-refractivity contribution < 1.29 is 23.6 Å². The van der Waals surface area contributed by atoms with Crippen molar-refractivity contribution in [1.29, 1.82) is 0 Å². The molecule has 3 aromatic rings. The van der Waals surface area contributed by atoms with Crippen LogP contribution >= 0.6 is 0 Å². The number of hydrogen-bond donors (Lipinski definition) is 2. The zero-order chi connectivity index (χ0) is 24.6. The van der Waals surface area contributed by atoms with E-state index in [1.165, 1.54) is 0 Å². The molecule has 1 aromatic heterocycles. The van der Waals surface area contributed by atoms with Crippen LogP contribution in [0.15, 0.2) is 53.3 Å². The molecule has 184 valence electrons. The summed E-state index contributed by atoms with van der Waals surface area (Å²) in [7, 11) is 0. The maximum atomic E-state index is 13.0. The Morgan fingerprint density at radius 3 is 2.89 bits per heavy atom. The molecule has 1 aliphatic rings. The first-order valence-corrected chi connectivity index (χ1v) is 11.9. The largest absolute Gasteiger partial charge is 0.491 e. The van der Waals surface area contributed by atoms with Crippen molar-refractivity contribution in [2.75, 3.05) is 26.4 Å². The number of carbonyl (C=O) groups is 2. The fraction of sp³-hybridized carbons (Fsp3) is 0.370. The smallest absolute Gasteiger partial charge is 0.251 e. The van der Waals surface area contributed by atoms with Crippen molar-refractivity contribution in [2.24, 2.45) is 5.92 Å². The van der Waals surface area contributed by atoms with Crippen LogP contribution in [0.5, 0.6) is 5.75 Å². The molecule has 2 N–H and O–H groups in total.